The summed E-state index contributed by atoms with van der Waals surface area (Å²) in [7, 11) is 0. The first-order chi connectivity index (χ1) is 12.5. The van der Waals surface area contributed by atoms with E-state index in [1.807, 2.05) is 12.2 Å². The molecule has 1 N–H and O–H groups in total. The van der Waals surface area contributed by atoms with Crippen LogP contribution in [0.4, 0.5) is 0 Å². The second kappa shape index (κ2) is 6.09. The van der Waals surface area contributed by atoms with E-state index in [1.54, 1.807) is 24.3 Å². The Morgan fingerprint density at radius 3 is 2.31 bits per heavy atom. The highest BCUT2D eigenvalue weighted by molar-refractivity contribution is 6.06. The molecule has 134 valence electrons. The molecule has 1 aliphatic heterocycles. The van der Waals surface area contributed by atoms with Crippen molar-refractivity contribution in [3.8, 4) is 5.75 Å². The summed E-state index contributed by atoms with van der Waals surface area (Å²) in [6.45, 7) is 1.45. The van der Waals surface area contributed by atoms with Gasteiger partial charge in [-0.05, 0) is 55.0 Å². The maximum atomic E-state index is 12.5. The molecule has 4 rings (SSSR count). The maximum absolute atomic E-state index is 12.5. The van der Waals surface area contributed by atoms with E-state index in [4.69, 9.17) is 9.84 Å². The van der Waals surface area contributed by atoms with Gasteiger partial charge in [-0.3, -0.25) is 9.59 Å². The predicted molar refractivity (Wildman–Crippen MR) is 91.3 cm³/mol. The van der Waals surface area contributed by atoms with Gasteiger partial charge >= 0.3 is 5.97 Å². The number of ether oxygens (including phenoxy) is 1. The monoisotopic (exact) mass is 354 g/mol. The van der Waals surface area contributed by atoms with Crippen LogP contribution >= 0.6 is 0 Å². The third-order valence-corrected chi connectivity index (χ3v) is 5.31. The quantitative estimate of drug-likeness (QED) is 0.493. The summed E-state index contributed by atoms with van der Waals surface area (Å²) in [4.78, 5) is 35.9. The van der Waals surface area contributed by atoms with Crippen LogP contribution in [-0.4, -0.2) is 40.2 Å². The molecule has 0 aromatic heterocycles. The number of nitrogens with zero attached hydrogens (tertiary/aromatic N) is 2. The number of carbonyl (C=O) groups is 3. The summed E-state index contributed by atoms with van der Waals surface area (Å²) in [5, 5.41) is 13.9. The van der Waals surface area contributed by atoms with Crippen LogP contribution in [0.15, 0.2) is 41.5 Å². The van der Waals surface area contributed by atoms with Crippen LogP contribution in [0.5, 0.6) is 5.75 Å². The van der Waals surface area contributed by atoms with Gasteiger partial charge in [-0.2, -0.15) is 10.1 Å². The number of hydrogen-bond donors (Lipinski definition) is 1. The molecule has 1 saturated heterocycles. The molecular weight excluding hydrogens is 336 g/mol. The fraction of sp³-hybridized carbons (Fsp3) is 0.368. The Kier molecular flexibility index (Phi) is 3.86. The average Bonchev–Trinajstić information content (AvgIpc) is 3.29. The highest BCUT2D eigenvalue weighted by Crippen LogP contribution is 2.52. The van der Waals surface area contributed by atoms with Crippen molar-refractivity contribution in [1.82, 2.24) is 5.01 Å². The summed E-state index contributed by atoms with van der Waals surface area (Å²) >= 11 is 0. The first-order valence-electron chi connectivity index (χ1n) is 8.55. The number of carboxylic acids is 1. The van der Waals surface area contributed by atoms with Gasteiger partial charge in [-0.15, -0.1) is 0 Å². The molecule has 7 heteroatoms. The lowest BCUT2D eigenvalue weighted by Gasteiger charge is -2.13. The zero-order valence-corrected chi connectivity index (χ0v) is 14.1. The molecule has 2 aliphatic carbocycles. The molecule has 1 aromatic rings. The van der Waals surface area contributed by atoms with Gasteiger partial charge in [0.15, 0.2) is 6.10 Å². The van der Waals surface area contributed by atoms with E-state index >= 15 is 0 Å². The van der Waals surface area contributed by atoms with E-state index < -0.39 is 12.1 Å². The molecular formula is C19H18N2O5. The van der Waals surface area contributed by atoms with Crippen molar-refractivity contribution < 1.29 is 24.2 Å². The molecule has 1 saturated carbocycles. The van der Waals surface area contributed by atoms with Crippen molar-refractivity contribution in [1.29, 1.82) is 0 Å². The van der Waals surface area contributed by atoms with Crippen molar-refractivity contribution in [2.24, 2.45) is 28.8 Å². The summed E-state index contributed by atoms with van der Waals surface area (Å²) in [5.74, 6) is -1.26. The molecule has 2 bridgehead atoms. The van der Waals surface area contributed by atoms with Gasteiger partial charge in [0.1, 0.15) is 5.75 Å². The van der Waals surface area contributed by atoms with E-state index in [0.717, 1.165) is 11.4 Å². The number of allylic oxidation sites excluding steroid dienone is 2. The van der Waals surface area contributed by atoms with Gasteiger partial charge in [0.2, 0.25) is 0 Å². The Bertz CT molecular complexity index is 799. The molecule has 2 fully saturated rings. The number of hydrogen-bond acceptors (Lipinski definition) is 5. The minimum Gasteiger partial charge on any atom is -0.479 e. The first kappa shape index (κ1) is 16.5. The summed E-state index contributed by atoms with van der Waals surface area (Å²) in [6, 6.07) is 6.61. The molecule has 5 atom stereocenters. The fourth-order valence-electron chi connectivity index (χ4n) is 4.01. The van der Waals surface area contributed by atoms with Crippen LogP contribution in [0.1, 0.15) is 18.9 Å². The number of aliphatic carboxylic acids is 1. The van der Waals surface area contributed by atoms with Crippen LogP contribution < -0.4 is 4.74 Å². The normalized spacial score (nSPS) is 30.3. The molecule has 3 aliphatic rings. The Morgan fingerprint density at radius 2 is 1.77 bits per heavy atom. The van der Waals surface area contributed by atoms with Crippen LogP contribution in [0.25, 0.3) is 0 Å². The van der Waals surface area contributed by atoms with Crippen molar-refractivity contribution in [3.63, 3.8) is 0 Å². The van der Waals surface area contributed by atoms with Gasteiger partial charge in [0.25, 0.3) is 11.8 Å². The molecule has 0 unspecified atom stereocenters. The molecule has 2 amide bonds. The fourth-order valence-corrected chi connectivity index (χ4v) is 4.01. The topological polar surface area (TPSA) is 96.3 Å². The lowest BCUT2D eigenvalue weighted by Crippen LogP contribution is -2.28. The van der Waals surface area contributed by atoms with Gasteiger partial charge < -0.3 is 9.84 Å². The zero-order chi connectivity index (χ0) is 18.4. The van der Waals surface area contributed by atoms with Crippen molar-refractivity contribution in [2.75, 3.05) is 0 Å². The summed E-state index contributed by atoms with van der Waals surface area (Å²) < 4.78 is 5.25. The first-order valence-corrected chi connectivity index (χ1v) is 8.55. The minimum atomic E-state index is -1.05. The highest BCUT2D eigenvalue weighted by atomic mass is 16.5. The van der Waals surface area contributed by atoms with E-state index in [0.29, 0.717) is 11.3 Å². The number of carbonyl (C=O) groups excluding carboxylic acids is 2. The Hall–Kier alpha value is -2.96. The van der Waals surface area contributed by atoms with Gasteiger partial charge in [0, 0.05) is 0 Å². The summed E-state index contributed by atoms with van der Waals surface area (Å²) in [6.07, 6.45) is 5.48. The lowest BCUT2D eigenvalue weighted by molar-refractivity contribution is -0.144. The number of benzene rings is 1. The van der Waals surface area contributed by atoms with Gasteiger partial charge in [0.05, 0.1) is 18.1 Å². The Balaban J connectivity index is 1.45. The van der Waals surface area contributed by atoms with Crippen LogP contribution in [0.3, 0.4) is 0 Å². The van der Waals surface area contributed by atoms with E-state index in [9.17, 15) is 14.4 Å². The number of imide groups is 1. The molecule has 7 nitrogen and oxygen atoms in total. The number of amides is 2. The predicted octanol–water partition coefficient (Wildman–Crippen LogP) is 1.68. The second-order valence-electron chi connectivity index (χ2n) is 6.90. The smallest absolute Gasteiger partial charge is 0.344 e. The van der Waals surface area contributed by atoms with Gasteiger partial charge in [-0.25, -0.2) is 4.79 Å². The second-order valence-corrected chi connectivity index (χ2v) is 6.90. The zero-order valence-electron chi connectivity index (χ0n) is 14.1. The maximum Gasteiger partial charge on any atom is 0.344 e. The van der Waals surface area contributed by atoms with E-state index in [2.05, 4.69) is 5.10 Å². The van der Waals surface area contributed by atoms with E-state index in [1.165, 1.54) is 13.1 Å². The van der Waals surface area contributed by atoms with Crippen LogP contribution in [-0.2, 0) is 14.4 Å². The number of hydrazone groups is 1. The lowest BCUT2D eigenvalue weighted by atomic mass is 9.85. The molecule has 1 heterocycles. The minimum absolute atomic E-state index is 0.161. The van der Waals surface area contributed by atoms with E-state index in [-0.39, 0.29) is 35.5 Å². The highest BCUT2D eigenvalue weighted by Gasteiger charge is 2.59. The Morgan fingerprint density at radius 1 is 1.19 bits per heavy atom. The number of rotatable bonds is 5. The average molecular weight is 354 g/mol. The third kappa shape index (κ3) is 2.60. The molecule has 26 heavy (non-hydrogen) atoms. The van der Waals surface area contributed by atoms with Crippen molar-refractivity contribution in [3.05, 3.63) is 42.0 Å². The summed E-state index contributed by atoms with van der Waals surface area (Å²) in [5.41, 5.74) is 0.680. The largest absolute Gasteiger partial charge is 0.479 e. The standard InChI is InChI=1S/C19H18N2O5/c1-10(19(24)25)26-14-6-2-11(3-7-14)9-20-21-17(22)15-12-4-5-13(8-12)16(15)18(21)23/h2-7,9-10,12-13,15-16H,8H2,1H3,(H,24,25)/t10-,12-,13-,15-,16+/m0/s1. The number of carboxylic acid groups (broad SMARTS) is 1. The third-order valence-electron chi connectivity index (χ3n) is 5.31. The molecule has 0 spiro atoms. The number of fused-ring (bicyclic) bond motifs is 5. The van der Waals surface area contributed by atoms with Crippen LogP contribution in [0.2, 0.25) is 0 Å². The van der Waals surface area contributed by atoms with Gasteiger partial charge in [-0.1, -0.05) is 12.2 Å². The molecule has 0 radical (unpaired) electrons. The van der Waals surface area contributed by atoms with Crippen molar-refractivity contribution in [2.45, 2.75) is 19.4 Å². The Labute approximate surface area is 149 Å². The van der Waals surface area contributed by atoms with Crippen molar-refractivity contribution >= 4 is 24.0 Å². The van der Waals surface area contributed by atoms with Crippen LogP contribution in [0, 0.1) is 23.7 Å². The molecule has 1 aromatic carbocycles. The SMILES string of the molecule is C[C@H](Oc1ccc(C=NN2C(=O)[C@@H]3[C@H](C2=O)[C@H]2C=C[C@H]3C2)cc1)C(=O)O.